The fraction of sp³-hybridized carbons (Fsp3) is 0.818. The normalized spacial score (nSPS) is 12.6. The van der Waals surface area contributed by atoms with Crippen molar-refractivity contribution in [2.75, 3.05) is 0 Å². The Morgan fingerprint density at radius 1 is 1.00 bits per heavy atom. The lowest BCUT2D eigenvalue weighted by molar-refractivity contribution is 0.381. The SMILES string of the molecule is CC(C)=C(C)O[Si](C)(C)C(C)(C)C. The van der Waals surface area contributed by atoms with E-state index < -0.39 is 8.32 Å². The van der Waals surface area contributed by atoms with E-state index in [0.717, 1.165) is 5.76 Å². The summed E-state index contributed by atoms with van der Waals surface area (Å²) < 4.78 is 6.08. The van der Waals surface area contributed by atoms with Gasteiger partial charge < -0.3 is 4.43 Å². The first-order valence-corrected chi connectivity index (χ1v) is 7.82. The van der Waals surface area contributed by atoms with Gasteiger partial charge in [0.15, 0.2) is 0 Å². The van der Waals surface area contributed by atoms with E-state index in [2.05, 4.69) is 54.6 Å². The zero-order valence-corrected chi connectivity index (χ0v) is 11.4. The van der Waals surface area contributed by atoms with Crippen LogP contribution in [0.2, 0.25) is 18.1 Å². The van der Waals surface area contributed by atoms with Crippen LogP contribution in [0.15, 0.2) is 11.3 Å². The molecule has 0 amide bonds. The Hall–Kier alpha value is -0.243. The van der Waals surface area contributed by atoms with Gasteiger partial charge in [0, 0.05) is 0 Å². The van der Waals surface area contributed by atoms with Crippen molar-refractivity contribution in [3.8, 4) is 0 Å². The lowest BCUT2D eigenvalue weighted by Gasteiger charge is -2.37. The van der Waals surface area contributed by atoms with Crippen molar-refractivity contribution in [2.24, 2.45) is 0 Å². The minimum absolute atomic E-state index is 0.295. The minimum atomic E-state index is -1.59. The van der Waals surface area contributed by atoms with Gasteiger partial charge >= 0.3 is 0 Å². The Morgan fingerprint density at radius 3 is 1.62 bits per heavy atom. The van der Waals surface area contributed by atoms with Crippen LogP contribution < -0.4 is 0 Å². The summed E-state index contributed by atoms with van der Waals surface area (Å²) >= 11 is 0. The van der Waals surface area contributed by atoms with Crippen molar-refractivity contribution < 1.29 is 4.43 Å². The standard InChI is InChI=1S/C11H24OSi/c1-9(2)10(3)12-13(7,8)11(4,5)6/h1-8H3. The summed E-state index contributed by atoms with van der Waals surface area (Å²) in [6.45, 7) is 17.6. The van der Waals surface area contributed by atoms with Crippen molar-refractivity contribution in [2.45, 2.75) is 59.7 Å². The van der Waals surface area contributed by atoms with Crippen LogP contribution in [0.1, 0.15) is 41.5 Å². The molecule has 1 nitrogen and oxygen atoms in total. The summed E-state index contributed by atoms with van der Waals surface area (Å²) in [5.41, 5.74) is 1.28. The third-order valence-electron chi connectivity index (χ3n) is 2.92. The second-order valence-corrected chi connectivity index (χ2v) is 10.1. The van der Waals surface area contributed by atoms with Gasteiger partial charge in [0.2, 0.25) is 8.32 Å². The van der Waals surface area contributed by atoms with Gasteiger partial charge in [-0.3, -0.25) is 0 Å². The van der Waals surface area contributed by atoms with Gasteiger partial charge in [-0.05, 0) is 44.5 Å². The van der Waals surface area contributed by atoms with Crippen LogP contribution in [0, 0.1) is 0 Å². The fourth-order valence-electron chi connectivity index (χ4n) is 0.638. The monoisotopic (exact) mass is 200 g/mol. The molecule has 0 heterocycles. The van der Waals surface area contributed by atoms with E-state index in [0.29, 0.717) is 5.04 Å². The van der Waals surface area contributed by atoms with Crippen LogP contribution in [0.4, 0.5) is 0 Å². The fourth-order valence-corrected chi connectivity index (χ4v) is 1.91. The highest BCUT2D eigenvalue weighted by atomic mass is 28.4. The molecule has 0 aliphatic carbocycles. The predicted octanol–water partition coefficient (Wildman–Crippen LogP) is 4.32. The van der Waals surface area contributed by atoms with Gasteiger partial charge in [0.25, 0.3) is 0 Å². The summed E-state index contributed by atoms with van der Waals surface area (Å²) in [5, 5.41) is 0.295. The van der Waals surface area contributed by atoms with Crippen molar-refractivity contribution in [3.05, 3.63) is 11.3 Å². The van der Waals surface area contributed by atoms with Crippen LogP contribution in [-0.4, -0.2) is 8.32 Å². The lowest BCUT2D eigenvalue weighted by atomic mass is 10.2. The maximum Gasteiger partial charge on any atom is 0.250 e. The topological polar surface area (TPSA) is 9.23 Å². The molecule has 2 heteroatoms. The first-order valence-electron chi connectivity index (χ1n) is 4.91. The Morgan fingerprint density at radius 2 is 1.38 bits per heavy atom. The molecular weight excluding hydrogens is 176 g/mol. The highest BCUT2D eigenvalue weighted by Crippen LogP contribution is 2.38. The van der Waals surface area contributed by atoms with Crippen LogP contribution in [-0.2, 0) is 4.43 Å². The molecule has 0 saturated carbocycles. The molecule has 0 unspecified atom stereocenters. The quantitative estimate of drug-likeness (QED) is 0.476. The largest absolute Gasteiger partial charge is 0.547 e. The second kappa shape index (κ2) is 3.87. The predicted molar refractivity (Wildman–Crippen MR) is 62.3 cm³/mol. The molecule has 0 rings (SSSR count). The summed E-state index contributed by atoms with van der Waals surface area (Å²) in [6, 6.07) is 0. The van der Waals surface area contributed by atoms with E-state index in [4.69, 9.17) is 4.43 Å². The maximum atomic E-state index is 6.08. The molecule has 0 saturated heterocycles. The highest BCUT2D eigenvalue weighted by molar-refractivity contribution is 6.74. The van der Waals surface area contributed by atoms with Crippen molar-refractivity contribution in [1.82, 2.24) is 0 Å². The number of hydrogen-bond acceptors (Lipinski definition) is 1. The molecule has 0 fully saturated rings. The van der Waals surface area contributed by atoms with E-state index in [1.165, 1.54) is 5.57 Å². The first kappa shape index (κ1) is 12.8. The van der Waals surface area contributed by atoms with E-state index in [9.17, 15) is 0 Å². The lowest BCUT2D eigenvalue weighted by Crippen LogP contribution is -2.40. The second-order valence-electron chi connectivity index (χ2n) is 5.42. The number of hydrogen-bond donors (Lipinski definition) is 0. The summed E-state index contributed by atoms with van der Waals surface area (Å²) in [4.78, 5) is 0. The van der Waals surface area contributed by atoms with E-state index >= 15 is 0 Å². The summed E-state index contributed by atoms with van der Waals surface area (Å²) in [6.07, 6.45) is 0. The third kappa shape index (κ3) is 3.55. The molecule has 0 aliphatic heterocycles. The van der Waals surface area contributed by atoms with Crippen LogP contribution in [0.5, 0.6) is 0 Å². The average molecular weight is 200 g/mol. The molecule has 0 bridgehead atoms. The van der Waals surface area contributed by atoms with E-state index in [-0.39, 0.29) is 0 Å². The summed E-state index contributed by atoms with van der Waals surface area (Å²) in [5.74, 6) is 1.10. The average Bonchev–Trinajstić information content (AvgIpc) is 1.83. The minimum Gasteiger partial charge on any atom is -0.547 e. The first-order chi connectivity index (χ1) is 5.58. The molecule has 0 aliphatic rings. The van der Waals surface area contributed by atoms with Crippen LogP contribution in [0.25, 0.3) is 0 Å². The molecule has 0 N–H and O–H groups in total. The zero-order valence-electron chi connectivity index (χ0n) is 10.4. The van der Waals surface area contributed by atoms with Crippen molar-refractivity contribution in [1.29, 1.82) is 0 Å². The molecule has 13 heavy (non-hydrogen) atoms. The molecule has 0 aromatic carbocycles. The Bertz CT molecular complexity index is 205. The van der Waals surface area contributed by atoms with Gasteiger partial charge in [-0.25, -0.2) is 0 Å². The molecule has 0 aromatic rings. The highest BCUT2D eigenvalue weighted by Gasteiger charge is 2.38. The van der Waals surface area contributed by atoms with Crippen LogP contribution in [0.3, 0.4) is 0 Å². The number of allylic oxidation sites excluding steroid dienone is 2. The molecule has 0 radical (unpaired) electrons. The van der Waals surface area contributed by atoms with Crippen LogP contribution >= 0.6 is 0 Å². The van der Waals surface area contributed by atoms with E-state index in [1.807, 2.05) is 0 Å². The Kier molecular flexibility index (Phi) is 3.79. The van der Waals surface area contributed by atoms with Gasteiger partial charge in [0.05, 0.1) is 5.76 Å². The van der Waals surface area contributed by atoms with Crippen molar-refractivity contribution >= 4 is 8.32 Å². The molecule has 0 aromatic heterocycles. The smallest absolute Gasteiger partial charge is 0.250 e. The molecule has 78 valence electrons. The molecule has 0 spiro atoms. The maximum absolute atomic E-state index is 6.08. The Balaban J connectivity index is 4.63. The van der Waals surface area contributed by atoms with Crippen molar-refractivity contribution in [3.63, 3.8) is 0 Å². The zero-order chi connectivity index (χ0) is 10.9. The molecular formula is C11H24OSi. The van der Waals surface area contributed by atoms with Gasteiger partial charge in [-0.15, -0.1) is 0 Å². The van der Waals surface area contributed by atoms with E-state index in [1.54, 1.807) is 0 Å². The van der Waals surface area contributed by atoms with Gasteiger partial charge in [-0.2, -0.15) is 0 Å². The summed E-state index contributed by atoms with van der Waals surface area (Å²) in [7, 11) is -1.59. The van der Waals surface area contributed by atoms with Gasteiger partial charge in [-0.1, -0.05) is 20.8 Å². The van der Waals surface area contributed by atoms with Gasteiger partial charge in [0.1, 0.15) is 0 Å². The Labute approximate surface area is 84.3 Å². The number of rotatable bonds is 2. The molecule has 0 atom stereocenters. The third-order valence-corrected chi connectivity index (χ3v) is 7.35.